The Bertz CT molecular complexity index is 1570. The van der Waals surface area contributed by atoms with Gasteiger partial charge in [0.15, 0.2) is 0 Å². The molecule has 0 atom stereocenters. The summed E-state index contributed by atoms with van der Waals surface area (Å²) in [6.45, 7) is 0. The Balaban J connectivity index is 1.59. The Kier molecular flexibility index (Phi) is 3.68. The first-order valence-corrected chi connectivity index (χ1v) is 11.1. The molecule has 0 saturated carbocycles. The van der Waals surface area contributed by atoms with Gasteiger partial charge < -0.3 is 4.74 Å². The normalized spacial score (nSPS) is 13.1. The number of hydrogen-bond acceptors (Lipinski definition) is 1. The van der Waals surface area contributed by atoms with Crippen molar-refractivity contribution in [3.05, 3.63) is 132 Å². The van der Waals surface area contributed by atoms with Crippen molar-refractivity contribution in [3.63, 3.8) is 0 Å². The molecule has 1 aliphatic heterocycles. The fourth-order valence-corrected chi connectivity index (χ4v) is 5.23. The third kappa shape index (κ3) is 2.58. The van der Waals surface area contributed by atoms with Crippen molar-refractivity contribution in [2.75, 3.05) is 0 Å². The molecule has 6 aromatic rings. The second-order valence-corrected chi connectivity index (χ2v) is 8.58. The summed E-state index contributed by atoms with van der Waals surface area (Å²) in [5.74, 6) is 2.00. The predicted octanol–water partition coefficient (Wildman–Crippen LogP) is 8.43. The van der Waals surface area contributed by atoms with Crippen LogP contribution in [0.2, 0.25) is 0 Å². The van der Waals surface area contributed by atoms with Crippen molar-refractivity contribution in [3.8, 4) is 11.5 Å². The molecule has 0 aromatic heterocycles. The number of benzene rings is 6. The molecule has 0 unspecified atom stereocenters. The second kappa shape index (κ2) is 6.70. The summed E-state index contributed by atoms with van der Waals surface area (Å²) >= 11 is 0. The zero-order valence-corrected chi connectivity index (χ0v) is 17.5. The van der Waals surface area contributed by atoms with Gasteiger partial charge in [0, 0.05) is 17.0 Å². The summed E-state index contributed by atoms with van der Waals surface area (Å²) in [5.41, 5.74) is 3.77. The van der Waals surface area contributed by atoms with Crippen molar-refractivity contribution < 1.29 is 4.74 Å². The van der Waals surface area contributed by atoms with Crippen molar-refractivity contribution in [2.24, 2.45) is 0 Å². The maximum Gasteiger partial charge on any atom is 0.132 e. The largest absolute Gasteiger partial charge is 0.457 e. The highest BCUT2D eigenvalue weighted by molar-refractivity contribution is 5.92. The van der Waals surface area contributed by atoms with Crippen LogP contribution in [0.3, 0.4) is 0 Å². The molecule has 6 aromatic carbocycles. The summed E-state index contributed by atoms with van der Waals surface area (Å²) in [6.07, 6.45) is 0. The highest BCUT2D eigenvalue weighted by atomic mass is 16.5. The molecule has 1 heteroatoms. The highest BCUT2D eigenvalue weighted by Gasteiger charge is 2.30. The van der Waals surface area contributed by atoms with Gasteiger partial charge in [0.2, 0.25) is 0 Å². The van der Waals surface area contributed by atoms with Gasteiger partial charge in [0.1, 0.15) is 11.5 Å². The molecule has 0 aliphatic carbocycles. The lowest BCUT2D eigenvalue weighted by atomic mass is 9.79. The van der Waals surface area contributed by atoms with Crippen LogP contribution in [0.1, 0.15) is 22.6 Å². The molecule has 1 aliphatic rings. The monoisotopic (exact) mass is 408 g/mol. The van der Waals surface area contributed by atoms with Gasteiger partial charge in [-0.15, -0.1) is 0 Å². The smallest absolute Gasteiger partial charge is 0.132 e. The number of fused-ring (bicyclic) bond motifs is 5. The van der Waals surface area contributed by atoms with E-state index in [-0.39, 0.29) is 5.92 Å². The lowest BCUT2D eigenvalue weighted by Crippen LogP contribution is -2.12. The summed E-state index contributed by atoms with van der Waals surface area (Å²) in [5, 5.41) is 7.44. The Morgan fingerprint density at radius 1 is 0.406 bits per heavy atom. The Morgan fingerprint density at radius 2 is 0.875 bits per heavy atom. The third-order valence-corrected chi connectivity index (χ3v) is 6.73. The topological polar surface area (TPSA) is 9.23 Å². The van der Waals surface area contributed by atoms with Crippen molar-refractivity contribution in [2.45, 2.75) is 5.92 Å². The van der Waals surface area contributed by atoms with Gasteiger partial charge in [0.25, 0.3) is 0 Å². The summed E-state index contributed by atoms with van der Waals surface area (Å²) in [4.78, 5) is 0. The maximum absolute atomic E-state index is 6.56. The zero-order chi connectivity index (χ0) is 21.1. The first kappa shape index (κ1) is 17.6. The quantitative estimate of drug-likeness (QED) is 0.265. The molecule has 0 saturated heterocycles. The highest BCUT2D eigenvalue weighted by Crippen LogP contribution is 2.50. The summed E-state index contributed by atoms with van der Waals surface area (Å²) in [7, 11) is 0. The third-order valence-electron chi connectivity index (χ3n) is 6.73. The van der Waals surface area contributed by atoms with E-state index in [1.54, 1.807) is 0 Å². The molecule has 1 heterocycles. The fourth-order valence-electron chi connectivity index (χ4n) is 5.23. The van der Waals surface area contributed by atoms with Gasteiger partial charge in [-0.1, -0.05) is 91.0 Å². The SMILES string of the molecule is c1ccc2cc3c(cc2c1)Oc1cc2ccccc2cc1C3c1cccc2ccccc12. The summed E-state index contributed by atoms with van der Waals surface area (Å²) in [6, 6.07) is 41.4. The first-order chi connectivity index (χ1) is 15.8. The van der Waals surface area contributed by atoms with Gasteiger partial charge in [-0.3, -0.25) is 0 Å². The van der Waals surface area contributed by atoms with E-state index in [2.05, 4.69) is 115 Å². The van der Waals surface area contributed by atoms with Crippen LogP contribution in [-0.2, 0) is 0 Å². The summed E-state index contributed by atoms with van der Waals surface area (Å²) < 4.78 is 6.56. The Hall–Kier alpha value is -4.10. The number of hydrogen-bond donors (Lipinski definition) is 0. The van der Waals surface area contributed by atoms with E-state index in [1.165, 1.54) is 49.0 Å². The molecular weight excluding hydrogens is 388 g/mol. The number of ether oxygens (including phenoxy) is 1. The minimum atomic E-state index is 0.106. The lowest BCUT2D eigenvalue weighted by molar-refractivity contribution is 0.455. The standard InChI is InChI=1S/C31H20O/c1-3-11-23-18-29-27(16-21(23)9-1)31(26-15-7-13-20-8-5-6-14-25(20)26)28-17-22-10-2-4-12-24(22)19-30(28)32-29/h1-19,31H. The average molecular weight is 409 g/mol. The van der Waals surface area contributed by atoms with E-state index in [9.17, 15) is 0 Å². The van der Waals surface area contributed by atoms with Crippen LogP contribution in [0.5, 0.6) is 11.5 Å². The molecule has 0 bridgehead atoms. The van der Waals surface area contributed by atoms with Crippen LogP contribution in [0.25, 0.3) is 32.3 Å². The molecule has 0 amide bonds. The van der Waals surface area contributed by atoms with Crippen molar-refractivity contribution in [1.29, 1.82) is 0 Å². The molecule has 0 spiro atoms. The van der Waals surface area contributed by atoms with E-state index in [1.807, 2.05) is 0 Å². The van der Waals surface area contributed by atoms with E-state index in [0.717, 1.165) is 11.5 Å². The van der Waals surface area contributed by atoms with Gasteiger partial charge in [0.05, 0.1) is 0 Å². The minimum Gasteiger partial charge on any atom is -0.457 e. The van der Waals surface area contributed by atoms with E-state index >= 15 is 0 Å². The molecule has 0 radical (unpaired) electrons. The van der Waals surface area contributed by atoms with E-state index < -0.39 is 0 Å². The Labute approximate surface area is 186 Å². The van der Waals surface area contributed by atoms with Gasteiger partial charge >= 0.3 is 0 Å². The average Bonchev–Trinajstić information content (AvgIpc) is 2.85. The molecule has 32 heavy (non-hydrogen) atoms. The lowest BCUT2D eigenvalue weighted by Gasteiger charge is -2.30. The van der Waals surface area contributed by atoms with Crippen LogP contribution in [0.15, 0.2) is 115 Å². The van der Waals surface area contributed by atoms with Crippen LogP contribution in [-0.4, -0.2) is 0 Å². The van der Waals surface area contributed by atoms with Crippen LogP contribution < -0.4 is 4.74 Å². The molecule has 0 fully saturated rings. The number of rotatable bonds is 1. The van der Waals surface area contributed by atoms with Gasteiger partial charge in [-0.2, -0.15) is 0 Å². The molecule has 0 N–H and O–H groups in total. The molecule has 150 valence electrons. The van der Waals surface area contributed by atoms with Gasteiger partial charge in [-0.05, 0) is 62.1 Å². The maximum atomic E-state index is 6.56. The second-order valence-electron chi connectivity index (χ2n) is 8.58. The predicted molar refractivity (Wildman–Crippen MR) is 133 cm³/mol. The molecule has 1 nitrogen and oxygen atoms in total. The van der Waals surface area contributed by atoms with Crippen molar-refractivity contribution in [1.82, 2.24) is 0 Å². The fraction of sp³-hybridized carbons (Fsp3) is 0.0323. The van der Waals surface area contributed by atoms with E-state index in [4.69, 9.17) is 4.74 Å². The molecule has 7 rings (SSSR count). The Morgan fingerprint density at radius 3 is 1.47 bits per heavy atom. The van der Waals surface area contributed by atoms with Gasteiger partial charge in [-0.25, -0.2) is 0 Å². The van der Waals surface area contributed by atoms with E-state index in [0.29, 0.717) is 0 Å². The first-order valence-electron chi connectivity index (χ1n) is 11.1. The minimum absolute atomic E-state index is 0.106. The molecular formula is C31H20O. The van der Waals surface area contributed by atoms with Crippen molar-refractivity contribution >= 4 is 32.3 Å². The zero-order valence-electron chi connectivity index (χ0n) is 17.5. The van der Waals surface area contributed by atoms with Crippen LogP contribution in [0, 0.1) is 0 Å². The van der Waals surface area contributed by atoms with Crippen LogP contribution in [0.4, 0.5) is 0 Å². The van der Waals surface area contributed by atoms with Crippen LogP contribution >= 0.6 is 0 Å².